The lowest BCUT2D eigenvalue weighted by Crippen LogP contribution is -2.40. The molecule has 3 aromatic carbocycles. The first-order valence-electron chi connectivity index (χ1n) is 11.0. The van der Waals surface area contributed by atoms with Crippen molar-refractivity contribution in [3.05, 3.63) is 76.8 Å². The van der Waals surface area contributed by atoms with Crippen molar-refractivity contribution < 1.29 is 9.47 Å². The Morgan fingerprint density at radius 1 is 1.06 bits per heavy atom. The van der Waals surface area contributed by atoms with E-state index in [0.717, 1.165) is 56.6 Å². The van der Waals surface area contributed by atoms with Gasteiger partial charge in [-0.15, -0.1) is 0 Å². The van der Waals surface area contributed by atoms with Gasteiger partial charge in [-0.3, -0.25) is 4.90 Å². The maximum atomic E-state index is 6.54. The van der Waals surface area contributed by atoms with Crippen LogP contribution in [-0.4, -0.2) is 56.8 Å². The summed E-state index contributed by atoms with van der Waals surface area (Å²) in [6.07, 6.45) is 1.07. The highest BCUT2D eigenvalue weighted by Gasteiger charge is 2.23. The number of methoxy groups -OCH3 is 1. The van der Waals surface area contributed by atoms with Gasteiger partial charge in [0.15, 0.2) is 0 Å². The van der Waals surface area contributed by atoms with Crippen LogP contribution in [0, 0.1) is 0 Å². The molecule has 0 spiro atoms. The van der Waals surface area contributed by atoms with Gasteiger partial charge in [0.25, 0.3) is 0 Å². The Hall–Kier alpha value is -2.11. The van der Waals surface area contributed by atoms with Gasteiger partial charge in [0.05, 0.1) is 25.3 Å². The van der Waals surface area contributed by atoms with Crippen molar-refractivity contribution in [2.45, 2.75) is 19.0 Å². The fourth-order valence-electron chi connectivity index (χ4n) is 4.42. The van der Waals surface area contributed by atoms with Crippen LogP contribution in [0.25, 0.3) is 10.8 Å². The van der Waals surface area contributed by atoms with Gasteiger partial charge >= 0.3 is 0 Å². The molecule has 0 aliphatic carbocycles. The highest BCUT2D eigenvalue weighted by Crippen LogP contribution is 2.35. The molecule has 0 bridgehead atoms. The summed E-state index contributed by atoms with van der Waals surface area (Å²) in [4.78, 5) is 4.97. The first-order valence-corrected chi connectivity index (χ1v) is 11.3. The predicted molar refractivity (Wildman–Crippen MR) is 128 cm³/mol. The van der Waals surface area contributed by atoms with E-state index in [0.29, 0.717) is 16.8 Å². The molecule has 1 atom stereocenters. The molecule has 1 heterocycles. The summed E-state index contributed by atoms with van der Waals surface area (Å²) in [5.74, 6) is 0.717. The molecular weight excluding hydrogens is 408 g/mol. The van der Waals surface area contributed by atoms with Crippen LogP contribution in [0.1, 0.15) is 23.6 Å². The van der Waals surface area contributed by atoms with Crippen LogP contribution in [0.5, 0.6) is 5.75 Å². The molecule has 0 radical (unpaired) electrons. The second kappa shape index (κ2) is 10.5. The van der Waals surface area contributed by atoms with Gasteiger partial charge in [-0.05, 0) is 48.7 Å². The summed E-state index contributed by atoms with van der Waals surface area (Å²) in [5, 5.41) is 2.86. The van der Waals surface area contributed by atoms with Crippen LogP contribution < -0.4 is 4.74 Å². The van der Waals surface area contributed by atoms with Crippen LogP contribution in [-0.2, 0) is 11.3 Å². The van der Waals surface area contributed by atoms with Crippen LogP contribution in [0.15, 0.2) is 60.7 Å². The average Bonchev–Trinajstić information content (AvgIpc) is 2.81. The van der Waals surface area contributed by atoms with Crippen molar-refractivity contribution in [3.63, 3.8) is 0 Å². The topological polar surface area (TPSA) is 24.9 Å². The molecule has 4 rings (SSSR count). The molecule has 164 valence electrons. The van der Waals surface area contributed by atoms with E-state index < -0.39 is 0 Å². The molecule has 5 heteroatoms. The van der Waals surface area contributed by atoms with Gasteiger partial charge in [0, 0.05) is 31.1 Å². The van der Waals surface area contributed by atoms with Crippen molar-refractivity contribution in [3.8, 4) is 5.75 Å². The number of morpholine rings is 1. The first kappa shape index (κ1) is 22.1. The number of ether oxygens (including phenoxy) is 2. The number of nitrogens with zero attached hydrogens (tertiary/aromatic N) is 2. The minimum absolute atomic E-state index is 0.354. The Morgan fingerprint density at radius 2 is 1.84 bits per heavy atom. The minimum atomic E-state index is 0.354. The number of benzene rings is 3. The first-order chi connectivity index (χ1) is 15.2. The third-order valence-electron chi connectivity index (χ3n) is 6.11. The molecule has 0 N–H and O–H groups in total. The number of fused-ring (bicyclic) bond motifs is 1. The molecular formula is C26H31ClN2O2. The van der Waals surface area contributed by atoms with Crippen molar-refractivity contribution >= 4 is 22.4 Å². The van der Waals surface area contributed by atoms with E-state index in [4.69, 9.17) is 21.1 Å². The third-order valence-corrected chi connectivity index (χ3v) is 6.50. The Labute approximate surface area is 190 Å². The van der Waals surface area contributed by atoms with E-state index in [1.165, 1.54) is 11.1 Å². The van der Waals surface area contributed by atoms with Gasteiger partial charge in [0.1, 0.15) is 5.75 Å². The Morgan fingerprint density at radius 3 is 2.58 bits per heavy atom. The molecule has 0 amide bonds. The molecule has 1 aliphatic rings. The number of rotatable bonds is 8. The minimum Gasteiger partial charge on any atom is -0.495 e. The zero-order chi connectivity index (χ0) is 21.6. The summed E-state index contributed by atoms with van der Waals surface area (Å²) in [7, 11) is 3.86. The lowest BCUT2D eigenvalue weighted by atomic mass is 9.97. The van der Waals surface area contributed by atoms with Crippen molar-refractivity contribution in [1.29, 1.82) is 0 Å². The van der Waals surface area contributed by atoms with E-state index in [-0.39, 0.29) is 0 Å². The zero-order valence-electron chi connectivity index (χ0n) is 18.4. The number of halogens is 1. The van der Waals surface area contributed by atoms with Crippen molar-refractivity contribution in [2.24, 2.45) is 0 Å². The molecule has 1 fully saturated rings. The van der Waals surface area contributed by atoms with Crippen molar-refractivity contribution in [2.75, 3.05) is 47.0 Å². The van der Waals surface area contributed by atoms with Gasteiger partial charge in [-0.1, -0.05) is 60.1 Å². The SMILES string of the molecule is COc1ccc2cc(C(CCN(C)Cc3ccccc3)N3CCOCC3)ccc2c1Cl. The standard InChI is InChI=1S/C26H31ClN2O2/c1-28(19-20-6-4-3-5-7-20)13-12-24(29-14-16-31-17-15-29)22-8-10-23-21(18-22)9-11-25(30-2)26(23)27/h3-11,18,24H,12-17,19H2,1-2H3. The van der Waals surface area contributed by atoms with Crippen LogP contribution in [0.3, 0.4) is 0 Å². The second-order valence-corrected chi connectivity index (χ2v) is 8.62. The van der Waals surface area contributed by atoms with E-state index >= 15 is 0 Å². The van der Waals surface area contributed by atoms with Crippen molar-refractivity contribution in [1.82, 2.24) is 9.80 Å². The summed E-state index contributed by atoms with van der Waals surface area (Å²) in [6, 6.07) is 21.7. The van der Waals surface area contributed by atoms with Crippen LogP contribution in [0.2, 0.25) is 5.02 Å². The zero-order valence-corrected chi connectivity index (χ0v) is 19.1. The summed E-state index contributed by atoms with van der Waals surface area (Å²) < 4.78 is 11.0. The van der Waals surface area contributed by atoms with E-state index in [1.54, 1.807) is 7.11 Å². The van der Waals surface area contributed by atoms with Crippen LogP contribution in [0.4, 0.5) is 0 Å². The summed E-state index contributed by atoms with van der Waals surface area (Å²) in [6.45, 7) is 5.52. The molecule has 0 aromatic heterocycles. The molecule has 4 nitrogen and oxygen atoms in total. The van der Waals surface area contributed by atoms with Gasteiger partial charge in [-0.25, -0.2) is 0 Å². The number of hydrogen-bond acceptors (Lipinski definition) is 4. The monoisotopic (exact) mass is 438 g/mol. The fraction of sp³-hybridized carbons (Fsp3) is 0.385. The lowest BCUT2D eigenvalue weighted by Gasteiger charge is -2.36. The van der Waals surface area contributed by atoms with Crippen LogP contribution >= 0.6 is 11.6 Å². The smallest absolute Gasteiger partial charge is 0.138 e. The number of hydrogen-bond donors (Lipinski definition) is 0. The highest BCUT2D eigenvalue weighted by molar-refractivity contribution is 6.37. The average molecular weight is 439 g/mol. The predicted octanol–water partition coefficient (Wildman–Crippen LogP) is 5.40. The normalized spacial score (nSPS) is 16.0. The van der Waals surface area contributed by atoms with Gasteiger partial charge in [-0.2, -0.15) is 0 Å². The van der Waals surface area contributed by atoms with E-state index in [9.17, 15) is 0 Å². The van der Waals surface area contributed by atoms with Gasteiger partial charge < -0.3 is 14.4 Å². The Balaban J connectivity index is 1.54. The Kier molecular flexibility index (Phi) is 7.46. The molecule has 3 aromatic rings. The maximum Gasteiger partial charge on any atom is 0.138 e. The quantitative estimate of drug-likeness (QED) is 0.470. The third kappa shape index (κ3) is 5.39. The summed E-state index contributed by atoms with van der Waals surface area (Å²) >= 11 is 6.54. The molecule has 0 saturated carbocycles. The van der Waals surface area contributed by atoms with E-state index in [1.807, 2.05) is 6.07 Å². The second-order valence-electron chi connectivity index (χ2n) is 8.24. The molecule has 1 saturated heterocycles. The molecule has 1 aliphatic heterocycles. The Bertz CT molecular complexity index is 989. The highest BCUT2D eigenvalue weighted by atomic mass is 35.5. The largest absolute Gasteiger partial charge is 0.495 e. The lowest BCUT2D eigenvalue weighted by molar-refractivity contribution is 0.0124. The van der Waals surface area contributed by atoms with Gasteiger partial charge in [0.2, 0.25) is 0 Å². The molecule has 31 heavy (non-hydrogen) atoms. The summed E-state index contributed by atoms with van der Waals surface area (Å²) in [5.41, 5.74) is 2.69. The molecule has 1 unspecified atom stereocenters. The van der Waals surface area contributed by atoms with E-state index in [2.05, 4.69) is 71.4 Å². The fourth-order valence-corrected chi connectivity index (χ4v) is 4.73. The maximum absolute atomic E-state index is 6.54.